The van der Waals surface area contributed by atoms with E-state index in [0.29, 0.717) is 16.9 Å². The van der Waals surface area contributed by atoms with Crippen molar-refractivity contribution in [2.45, 2.75) is 0 Å². The fourth-order valence-corrected chi connectivity index (χ4v) is 5.04. The number of phenolic OH excluding ortho intramolecular Hbond substituents is 3. The van der Waals surface area contributed by atoms with E-state index < -0.39 is 22.4 Å². The van der Waals surface area contributed by atoms with Gasteiger partial charge in [-0.3, -0.25) is 9.59 Å². The molecule has 2 heterocycles. The highest BCUT2D eigenvalue weighted by Gasteiger charge is 2.28. The average Bonchev–Trinajstić information content (AvgIpc) is 3.01. The van der Waals surface area contributed by atoms with Gasteiger partial charge in [-0.1, -0.05) is 0 Å². The van der Waals surface area contributed by atoms with Crippen LogP contribution >= 0.6 is 0 Å². The van der Waals surface area contributed by atoms with Crippen molar-refractivity contribution in [3.63, 3.8) is 0 Å². The molecule has 4 aromatic carbocycles. The van der Waals surface area contributed by atoms with E-state index in [0.717, 1.165) is 0 Å². The van der Waals surface area contributed by atoms with E-state index >= 15 is 0 Å². The fourth-order valence-electron chi connectivity index (χ4n) is 5.04. The van der Waals surface area contributed by atoms with E-state index in [1.165, 1.54) is 57.7 Å². The molecule has 0 aliphatic rings. The number of phenols is 3. The first-order valence-electron chi connectivity index (χ1n) is 12.9. The average molecular weight is 581 g/mol. The topological polar surface area (TPSA) is 149 Å². The molecule has 6 aromatic rings. The third-order valence-corrected chi connectivity index (χ3v) is 7.12. The zero-order valence-electron chi connectivity index (χ0n) is 23.1. The predicted molar refractivity (Wildman–Crippen MR) is 159 cm³/mol. The molecule has 0 saturated heterocycles. The van der Waals surface area contributed by atoms with Gasteiger partial charge in [-0.25, -0.2) is 0 Å². The molecule has 0 spiro atoms. The highest BCUT2D eigenvalue weighted by Crippen LogP contribution is 2.50. The Kier molecular flexibility index (Phi) is 6.66. The molecule has 0 aliphatic carbocycles. The van der Waals surface area contributed by atoms with Gasteiger partial charge in [0.25, 0.3) is 0 Å². The van der Waals surface area contributed by atoms with Gasteiger partial charge < -0.3 is 38.4 Å². The van der Waals surface area contributed by atoms with Gasteiger partial charge in [0.15, 0.2) is 16.4 Å². The molecule has 2 aromatic heterocycles. The number of hydrogen-bond donors (Lipinski definition) is 3. The second kappa shape index (κ2) is 10.5. The van der Waals surface area contributed by atoms with Crippen LogP contribution < -0.4 is 25.1 Å². The Labute approximate surface area is 243 Å². The maximum Gasteiger partial charge on any atom is 0.197 e. The second-order valence-electron chi connectivity index (χ2n) is 9.58. The van der Waals surface area contributed by atoms with Crippen LogP contribution in [0, 0.1) is 0 Å². The van der Waals surface area contributed by atoms with Crippen LogP contribution in [-0.2, 0) is 0 Å². The minimum Gasteiger partial charge on any atom is -0.508 e. The van der Waals surface area contributed by atoms with Crippen LogP contribution in [0.3, 0.4) is 0 Å². The van der Waals surface area contributed by atoms with Crippen molar-refractivity contribution in [3.05, 3.63) is 93.2 Å². The monoisotopic (exact) mass is 580 g/mol. The molecule has 10 heteroatoms. The van der Waals surface area contributed by atoms with Crippen LogP contribution in [0.2, 0.25) is 0 Å². The van der Waals surface area contributed by atoms with Crippen LogP contribution in [-0.4, -0.2) is 36.6 Å². The van der Waals surface area contributed by atoms with Crippen molar-refractivity contribution in [1.82, 2.24) is 0 Å². The van der Waals surface area contributed by atoms with Crippen molar-refractivity contribution in [2.75, 3.05) is 21.3 Å². The molecule has 43 heavy (non-hydrogen) atoms. The van der Waals surface area contributed by atoms with Crippen molar-refractivity contribution < 1.29 is 38.4 Å². The number of hydrogen-bond acceptors (Lipinski definition) is 10. The summed E-state index contributed by atoms with van der Waals surface area (Å²) < 4.78 is 28.6. The van der Waals surface area contributed by atoms with Crippen LogP contribution in [0.15, 0.2) is 91.2 Å². The van der Waals surface area contributed by atoms with Crippen LogP contribution in [0.5, 0.6) is 34.5 Å². The van der Waals surface area contributed by atoms with Crippen molar-refractivity contribution in [1.29, 1.82) is 0 Å². The van der Waals surface area contributed by atoms with Crippen molar-refractivity contribution in [2.24, 2.45) is 0 Å². The number of benzene rings is 4. The van der Waals surface area contributed by atoms with Crippen LogP contribution in [0.4, 0.5) is 0 Å². The normalized spacial score (nSPS) is 11.1. The Hall–Kier alpha value is -5.90. The number of fused-ring (bicyclic) bond motifs is 2. The third-order valence-electron chi connectivity index (χ3n) is 7.12. The standard InChI is InChI=1S/C33H24O10/c1-39-19-10-6-17(7-11-19)24-12-20(35)28-21(36)14-25(40-2)31(33(28)43-24)30-26(41-3)15-27-29(32(30)38)22(37)13-23(42-27)16-4-8-18(34)9-5-16/h4-15,34,36,38H,1-3H3. The lowest BCUT2D eigenvalue weighted by Gasteiger charge is -2.18. The highest BCUT2D eigenvalue weighted by atomic mass is 16.5. The molecule has 0 fully saturated rings. The Balaban J connectivity index is 1.67. The van der Waals surface area contributed by atoms with Crippen molar-refractivity contribution in [3.8, 4) is 68.3 Å². The maximum atomic E-state index is 13.4. The largest absolute Gasteiger partial charge is 0.508 e. The lowest BCUT2D eigenvalue weighted by molar-refractivity contribution is 0.402. The van der Waals surface area contributed by atoms with E-state index in [4.69, 9.17) is 23.0 Å². The Morgan fingerprint density at radius 2 is 1.16 bits per heavy atom. The second-order valence-corrected chi connectivity index (χ2v) is 9.58. The summed E-state index contributed by atoms with van der Waals surface area (Å²) in [5, 5.41) is 31.7. The summed E-state index contributed by atoms with van der Waals surface area (Å²) in [6.45, 7) is 0. The summed E-state index contributed by atoms with van der Waals surface area (Å²) in [5.74, 6) is 0.224. The van der Waals surface area contributed by atoms with Crippen LogP contribution in [0.25, 0.3) is 55.7 Å². The zero-order valence-corrected chi connectivity index (χ0v) is 23.1. The lowest BCUT2D eigenvalue weighted by atomic mass is 9.96. The molecule has 6 rings (SSSR count). The zero-order chi connectivity index (χ0) is 30.4. The first-order valence-corrected chi connectivity index (χ1v) is 12.9. The highest BCUT2D eigenvalue weighted by molar-refractivity contribution is 6.06. The molecule has 0 saturated carbocycles. The molecule has 3 N–H and O–H groups in total. The SMILES string of the molecule is COc1ccc(-c2cc(=O)c3c(O)cc(OC)c(-c4c(OC)cc5oc(-c6ccc(O)cc6)cc(=O)c5c4O)c3o2)cc1. The molecule has 0 amide bonds. The molecule has 0 unspecified atom stereocenters. The lowest BCUT2D eigenvalue weighted by Crippen LogP contribution is -2.05. The maximum absolute atomic E-state index is 13.4. The number of methoxy groups -OCH3 is 3. The molecule has 0 atom stereocenters. The first-order chi connectivity index (χ1) is 20.7. The van der Waals surface area contributed by atoms with Gasteiger partial charge in [0.05, 0.1) is 32.5 Å². The van der Waals surface area contributed by atoms with Gasteiger partial charge >= 0.3 is 0 Å². The summed E-state index contributed by atoms with van der Waals surface area (Å²) >= 11 is 0. The predicted octanol–water partition coefficient (Wildman–Crippen LogP) is 6.04. The van der Waals surface area contributed by atoms with Crippen molar-refractivity contribution >= 4 is 21.9 Å². The first kappa shape index (κ1) is 27.3. The summed E-state index contributed by atoms with van der Waals surface area (Å²) in [6.07, 6.45) is 0. The fraction of sp³-hybridized carbons (Fsp3) is 0.0909. The van der Waals surface area contributed by atoms with E-state index in [1.54, 1.807) is 36.4 Å². The van der Waals surface area contributed by atoms with Gasteiger partial charge in [-0.05, 0) is 48.5 Å². The van der Waals surface area contributed by atoms with Gasteiger partial charge in [-0.15, -0.1) is 0 Å². The summed E-state index contributed by atoms with van der Waals surface area (Å²) in [6, 6.07) is 18.0. The molecular formula is C33H24O10. The summed E-state index contributed by atoms with van der Waals surface area (Å²) in [5.41, 5.74) is -0.0654. The third kappa shape index (κ3) is 4.55. The minimum atomic E-state index is -0.562. The Morgan fingerprint density at radius 1 is 0.605 bits per heavy atom. The molecule has 0 radical (unpaired) electrons. The van der Waals surface area contributed by atoms with E-state index in [9.17, 15) is 24.9 Å². The minimum absolute atomic E-state index is 0.0171. The number of rotatable bonds is 6. The molecular weight excluding hydrogens is 556 g/mol. The van der Waals surface area contributed by atoms with Crippen LogP contribution in [0.1, 0.15) is 0 Å². The van der Waals surface area contributed by atoms with E-state index in [1.807, 2.05) is 0 Å². The van der Waals surface area contributed by atoms with Gasteiger partial charge in [0.2, 0.25) is 0 Å². The molecule has 0 aliphatic heterocycles. The van der Waals surface area contributed by atoms with E-state index in [-0.39, 0.29) is 61.8 Å². The molecule has 10 nitrogen and oxygen atoms in total. The molecule has 0 bridgehead atoms. The Morgan fingerprint density at radius 3 is 1.77 bits per heavy atom. The number of ether oxygens (including phenoxy) is 3. The summed E-state index contributed by atoms with van der Waals surface area (Å²) in [4.78, 5) is 26.7. The quantitative estimate of drug-likeness (QED) is 0.213. The van der Waals surface area contributed by atoms with Gasteiger partial charge in [0, 0.05) is 35.4 Å². The smallest absolute Gasteiger partial charge is 0.197 e. The number of aromatic hydroxyl groups is 3. The van der Waals surface area contributed by atoms with E-state index in [2.05, 4.69) is 0 Å². The Bertz CT molecular complexity index is 2140. The summed E-state index contributed by atoms with van der Waals surface area (Å²) in [7, 11) is 4.24. The molecule has 216 valence electrons. The van der Waals surface area contributed by atoms with Gasteiger partial charge in [0.1, 0.15) is 62.4 Å². The van der Waals surface area contributed by atoms with Gasteiger partial charge in [-0.2, -0.15) is 0 Å².